The third kappa shape index (κ3) is 2.60. The number of cyclic esters (lactones) is 1. The van der Waals surface area contributed by atoms with Crippen molar-refractivity contribution in [3.8, 4) is 0 Å². The van der Waals surface area contributed by atoms with E-state index in [0.717, 1.165) is 29.4 Å². The minimum atomic E-state index is -0.778. The molecule has 2 aliphatic rings. The second-order valence-corrected chi connectivity index (χ2v) is 6.37. The molecule has 1 aliphatic heterocycles. The van der Waals surface area contributed by atoms with E-state index in [2.05, 4.69) is 12.1 Å². The second-order valence-electron chi connectivity index (χ2n) is 6.37. The Morgan fingerprint density at radius 3 is 2.83 bits per heavy atom. The lowest BCUT2D eigenvalue weighted by molar-refractivity contribution is -0.160. The van der Waals surface area contributed by atoms with E-state index in [9.17, 15) is 9.59 Å². The molecule has 0 radical (unpaired) electrons. The van der Waals surface area contributed by atoms with Gasteiger partial charge in [0.05, 0.1) is 12.7 Å². The summed E-state index contributed by atoms with van der Waals surface area (Å²) < 4.78 is 15.8. The number of benzene rings is 1. The van der Waals surface area contributed by atoms with Crippen molar-refractivity contribution in [3.05, 3.63) is 35.1 Å². The molecule has 2 atom stereocenters. The Hall–Kier alpha value is -2.30. The average Bonchev–Trinajstić information content (AvgIpc) is 3.18. The first-order valence-electron chi connectivity index (χ1n) is 8.02. The Balaban J connectivity index is 1.51. The number of esters is 2. The van der Waals surface area contributed by atoms with Gasteiger partial charge in [0, 0.05) is 17.4 Å². The predicted molar refractivity (Wildman–Crippen MR) is 82.0 cm³/mol. The third-order valence-corrected chi connectivity index (χ3v) is 4.60. The van der Waals surface area contributed by atoms with Gasteiger partial charge < -0.3 is 13.9 Å². The van der Waals surface area contributed by atoms with Crippen molar-refractivity contribution in [3.63, 3.8) is 0 Å². The maximum atomic E-state index is 12.1. The zero-order valence-electron chi connectivity index (χ0n) is 13.0. The Labute approximate surface area is 133 Å². The molecular formula is C18H18O5. The van der Waals surface area contributed by atoms with E-state index in [0.29, 0.717) is 6.42 Å². The fourth-order valence-electron chi connectivity index (χ4n) is 3.46. The molecule has 0 bridgehead atoms. The summed E-state index contributed by atoms with van der Waals surface area (Å²) in [6.07, 6.45) is 4.49. The number of fused-ring (bicyclic) bond motifs is 2. The molecule has 23 heavy (non-hydrogen) atoms. The summed E-state index contributed by atoms with van der Waals surface area (Å²) in [4.78, 5) is 23.7. The standard InChI is InChI=1S/C18H18O5/c1-10-5-16(18(20)22-10)23-17(19)8-13-9-21-15-7-12-4-2-3-11(12)6-14(13)15/h6-7,9-10,16H,2-5,8H2,1H3/t10-,16+/m0/s1. The molecule has 1 aromatic carbocycles. The second kappa shape index (κ2) is 5.41. The lowest BCUT2D eigenvalue weighted by Gasteiger charge is -2.07. The van der Waals surface area contributed by atoms with E-state index < -0.39 is 18.0 Å². The fraction of sp³-hybridized carbons (Fsp3) is 0.444. The van der Waals surface area contributed by atoms with Gasteiger partial charge in [-0.25, -0.2) is 4.79 Å². The van der Waals surface area contributed by atoms with Crippen LogP contribution in [0.5, 0.6) is 0 Å². The minimum absolute atomic E-state index is 0.101. The van der Waals surface area contributed by atoms with Crippen molar-refractivity contribution in [2.75, 3.05) is 0 Å². The Morgan fingerprint density at radius 2 is 2.09 bits per heavy atom. The zero-order chi connectivity index (χ0) is 16.0. The molecular weight excluding hydrogens is 296 g/mol. The van der Waals surface area contributed by atoms with Crippen LogP contribution < -0.4 is 0 Å². The zero-order valence-corrected chi connectivity index (χ0v) is 13.0. The molecule has 4 rings (SSSR count). The molecule has 2 aromatic rings. The summed E-state index contributed by atoms with van der Waals surface area (Å²) >= 11 is 0. The van der Waals surface area contributed by atoms with Crippen LogP contribution >= 0.6 is 0 Å². The first-order valence-corrected chi connectivity index (χ1v) is 8.02. The molecule has 1 saturated heterocycles. The molecule has 1 aliphatic carbocycles. The van der Waals surface area contributed by atoms with Gasteiger partial charge in [0.1, 0.15) is 11.7 Å². The van der Waals surface area contributed by atoms with Crippen LogP contribution in [0.4, 0.5) is 0 Å². The normalized spacial score (nSPS) is 23.1. The summed E-state index contributed by atoms with van der Waals surface area (Å²) in [5.74, 6) is -0.884. The van der Waals surface area contributed by atoms with Crippen LogP contribution in [0.1, 0.15) is 36.5 Å². The number of rotatable bonds is 3. The maximum absolute atomic E-state index is 12.1. The van der Waals surface area contributed by atoms with Crippen LogP contribution in [-0.4, -0.2) is 24.1 Å². The predicted octanol–water partition coefficient (Wildman–Crippen LogP) is 2.71. The number of furan rings is 1. The lowest BCUT2D eigenvalue weighted by atomic mass is 10.0. The maximum Gasteiger partial charge on any atom is 0.347 e. The number of aryl methyl sites for hydroxylation is 2. The van der Waals surface area contributed by atoms with Gasteiger partial charge >= 0.3 is 11.9 Å². The number of hydrogen-bond acceptors (Lipinski definition) is 5. The van der Waals surface area contributed by atoms with E-state index >= 15 is 0 Å². The van der Waals surface area contributed by atoms with Crippen molar-refractivity contribution >= 4 is 22.9 Å². The molecule has 0 spiro atoms. The minimum Gasteiger partial charge on any atom is -0.464 e. The molecule has 5 nitrogen and oxygen atoms in total. The van der Waals surface area contributed by atoms with Crippen molar-refractivity contribution in [2.45, 2.75) is 51.2 Å². The van der Waals surface area contributed by atoms with Gasteiger partial charge in [-0.2, -0.15) is 0 Å². The van der Waals surface area contributed by atoms with Crippen molar-refractivity contribution in [1.82, 2.24) is 0 Å². The molecule has 5 heteroatoms. The largest absolute Gasteiger partial charge is 0.464 e. The molecule has 0 unspecified atom stereocenters. The average molecular weight is 314 g/mol. The van der Waals surface area contributed by atoms with Crippen LogP contribution in [0.2, 0.25) is 0 Å². The van der Waals surface area contributed by atoms with Crippen LogP contribution in [0.25, 0.3) is 11.0 Å². The summed E-state index contributed by atoms with van der Waals surface area (Å²) in [7, 11) is 0. The van der Waals surface area contributed by atoms with Crippen LogP contribution in [0.3, 0.4) is 0 Å². The highest BCUT2D eigenvalue weighted by Crippen LogP contribution is 2.30. The van der Waals surface area contributed by atoms with E-state index in [-0.39, 0.29) is 12.5 Å². The summed E-state index contributed by atoms with van der Waals surface area (Å²) in [5.41, 5.74) is 4.28. The van der Waals surface area contributed by atoms with Gasteiger partial charge in [-0.15, -0.1) is 0 Å². The van der Waals surface area contributed by atoms with Gasteiger partial charge in [-0.05, 0) is 49.4 Å². The highest BCUT2D eigenvalue weighted by molar-refractivity contribution is 5.88. The molecule has 120 valence electrons. The van der Waals surface area contributed by atoms with E-state index in [1.54, 1.807) is 13.2 Å². The van der Waals surface area contributed by atoms with Crippen LogP contribution in [-0.2, 0) is 38.3 Å². The molecule has 1 fully saturated rings. The highest BCUT2D eigenvalue weighted by Gasteiger charge is 2.35. The lowest BCUT2D eigenvalue weighted by Crippen LogP contribution is -2.23. The quantitative estimate of drug-likeness (QED) is 0.815. The third-order valence-electron chi connectivity index (χ3n) is 4.60. The van der Waals surface area contributed by atoms with E-state index in [1.807, 2.05) is 0 Å². The van der Waals surface area contributed by atoms with Gasteiger partial charge in [0.2, 0.25) is 6.10 Å². The van der Waals surface area contributed by atoms with Crippen molar-refractivity contribution in [2.24, 2.45) is 0 Å². The Morgan fingerprint density at radius 1 is 1.30 bits per heavy atom. The van der Waals surface area contributed by atoms with E-state index in [1.165, 1.54) is 17.5 Å². The van der Waals surface area contributed by atoms with Crippen molar-refractivity contribution < 1.29 is 23.5 Å². The molecule has 0 saturated carbocycles. The van der Waals surface area contributed by atoms with Gasteiger partial charge in [0.25, 0.3) is 0 Å². The highest BCUT2D eigenvalue weighted by atomic mass is 16.6. The summed E-state index contributed by atoms with van der Waals surface area (Å²) in [5, 5.41) is 0.963. The molecule has 0 amide bonds. The Bertz CT molecular complexity index is 788. The fourth-order valence-corrected chi connectivity index (χ4v) is 3.46. The smallest absolute Gasteiger partial charge is 0.347 e. The van der Waals surface area contributed by atoms with Crippen LogP contribution in [0.15, 0.2) is 22.8 Å². The Kier molecular flexibility index (Phi) is 3.36. The molecule has 2 heterocycles. The van der Waals surface area contributed by atoms with Crippen molar-refractivity contribution in [1.29, 1.82) is 0 Å². The first kappa shape index (κ1) is 14.3. The number of carbonyl (C=O) groups excluding carboxylic acids is 2. The van der Waals surface area contributed by atoms with Gasteiger partial charge in [-0.3, -0.25) is 4.79 Å². The number of ether oxygens (including phenoxy) is 2. The van der Waals surface area contributed by atoms with Gasteiger partial charge in [-0.1, -0.05) is 0 Å². The number of carbonyl (C=O) groups is 2. The SMILES string of the molecule is C[C@H]1C[C@@H](OC(=O)Cc2coc3cc4c(cc23)CCC4)C(=O)O1. The molecule has 1 aromatic heterocycles. The summed E-state index contributed by atoms with van der Waals surface area (Å²) in [6, 6.07) is 4.19. The summed E-state index contributed by atoms with van der Waals surface area (Å²) in [6.45, 7) is 1.79. The topological polar surface area (TPSA) is 65.7 Å². The molecule has 0 N–H and O–H groups in total. The van der Waals surface area contributed by atoms with Crippen LogP contribution in [0, 0.1) is 0 Å². The van der Waals surface area contributed by atoms with E-state index in [4.69, 9.17) is 13.9 Å². The van der Waals surface area contributed by atoms with Gasteiger partial charge in [0.15, 0.2) is 0 Å². The number of hydrogen-bond donors (Lipinski definition) is 0. The monoisotopic (exact) mass is 314 g/mol. The first-order chi connectivity index (χ1) is 11.1.